The summed E-state index contributed by atoms with van der Waals surface area (Å²) in [4.78, 5) is 37.8. The Hall–Kier alpha value is -3.41. The lowest BCUT2D eigenvalue weighted by Gasteiger charge is -2.18. The van der Waals surface area contributed by atoms with E-state index in [1.165, 1.54) is 77.0 Å². The fourth-order valence-electron chi connectivity index (χ4n) is 6.29. The molecular weight excluding hydrogens is 733 g/mol. The average Bonchev–Trinajstić information content (AvgIpc) is 3.23. The number of hydrogen-bond donors (Lipinski definition) is 0. The number of hydrogen-bond acceptors (Lipinski definition) is 6. The van der Waals surface area contributed by atoms with E-state index in [0.717, 1.165) is 96.3 Å². The predicted molar refractivity (Wildman–Crippen MR) is 251 cm³/mol. The number of carbonyl (C=O) groups excluding carboxylic acids is 3. The third kappa shape index (κ3) is 45.5. The molecule has 0 aliphatic heterocycles. The first kappa shape index (κ1) is 55.6. The number of allylic oxidation sites excluding steroid dienone is 14. The zero-order valence-electron chi connectivity index (χ0n) is 38.2. The first-order valence-electron chi connectivity index (χ1n) is 24.2. The Labute approximate surface area is 363 Å². The Balaban J connectivity index is 4.46. The predicted octanol–water partition coefficient (Wildman–Crippen LogP) is 15.6. The highest BCUT2D eigenvalue weighted by Gasteiger charge is 2.19. The lowest BCUT2D eigenvalue weighted by atomic mass is 10.1. The molecule has 59 heavy (non-hydrogen) atoms. The minimum atomic E-state index is -0.797. The monoisotopic (exact) mass is 821 g/mol. The van der Waals surface area contributed by atoms with E-state index in [9.17, 15) is 14.4 Å². The molecule has 336 valence electrons. The van der Waals surface area contributed by atoms with Crippen molar-refractivity contribution in [3.8, 4) is 0 Å². The average molecular weight is 821 g/mol. The molecule has 0 aromatic rings. The lowest BCUT2D eigenvalue weighted by Crippen LogP contribution is -2.30. The van der Waals surface area contributed by atoms with E-state index in [4.69, 9.17) is 14.2 Å². The van der Waals surface area contributed by atoms with Gasteiger partial charge >= 0.3 is 17.9 Å². The topological polar surface area (TPSA) is 78.9 Å². The zero-order valence-corrected chi connectivity index (χ0v) is 38.2. The van der Waals surface area contributed by atoms with E-state index in [-0.39, 0.29) is 31.1 Å². The van der Waals surface area contributed by atoms with Crippen LogP contribution in [0, 0.1) is 0 Å². The summed E-state index contributed by atoms with van der Waals surface area (Å²) in [5.74, 6) is -0.954. The van der Waals surface area contributed by atoms with Gasteiger partial charge in [-0.05, 0) is 83.5 Å². The Morgan fingerprint density at radius 2 is 0.678 bits per heavy atom. The van der Waals surface area contributed by atoms with Crippen LogP contribution in [0.1, 0.15) is 213 Å². The van der Waals surface area contributed by atoms with Crippen LogP contribution in [0.5, 0.6) is 0 Å². The molecule has 0 bridgehead atoms. The second-order valence-corrected chi connectivity index (χ2v) is 15.8. The van der Waals surface area contributed by atoms with Crippen LogP contribution in [-0.4, -0.2) is 37.2 Å². The van der Waals surface area contributed by atoms with Crippen molar-refractivity contribution in [2.45, 2.75) is 219 Å². The van der Waals surface area contributed by atoms with Crippen molar-refractivity contribution in [2.75, 3.05) is 13.2 Å². The third-order valence-corrected chi connectivity index (χ3v) is 9.97. The van der Waals surface area contributed by atoms with Crippen molar-refractivity contribution in [1.29, 1.82) is 0 Å². The van der Waals surface area contributed by atoms with E-state index in [2.05, 4.69) is 106 Å². The molecule has 0 heterocycles. The van der Waals surface area contributed by atoms with Gasteiger partial charge in [0, 0.05) is 19.3 Å². The quantitative estimate of drug-likeness (QED) is 0.0264. The SMILES string of the molecule is CC\C=C/C=C\C=C/CCCCCCCCCC(=O)OCC(COC(=O)CCCCC/C=C\C=C/CCCC)OC(=O)CCCCCCCC/C=C\C=C/CCCCC. The first-order chi connectivity index (χ1) is 29.0. The van der Waals surface area contributed by atoms with E-state index < -0.39 is 6.10 Å². The minimum absolute atomic E-state index is 0.0974. The maximum Gasteiger partial charge on any atom is 0.306 e. The summed E-state index contributed by atoms with van der Waals surface area (Å²) in [6.07, 6.45) is 59.9. The molecule has 0 amide bonds. The number of carbonyl (C=O) groups is 3. The standard InChI is InChI=1S/C53H88O6/c1-4-7-10-13-16-19-22-24-26-28-31-34-37-40-43-46-52(55)58-49-50(48-57-51(54)45-42-39-36-33-30-21-18-15-12-9-6-3)59-53(56)47-44-41-38-35-32-29-27-25-23-20-17-14-11-8-5-2/h7,10,13,15-23,25,30,50H,4-6,8-9,11-12,14,24,26-29,31-49H2,1-3H3/b10-7-,16-13-,18-15-,20-17-,22-19-,25-23-,30-21-. The molecule has 0 fully saturated rings. The number of esters is 3. The molecule has 0 saturated carbocycles. The number of unbranched alkanes of at least 4 members (excludes halogenated alkanes) is 21. The maximum atomic E-state index is 12.8. The van der Waals surface area contributed by atoms with Crippen LogP contribution in [0.3, 0.4) is 0 Å². The van der Waals surface area contributed by atoms with Gasteiger partial charge in [0.05, 0.1) is 0 Å². The number of rotatable bonds is 42. The first-order valence-corrected chi connectivity index (χ1v) is 24.2. The van der Waals surface area contributed by atoms with Gasteiger partial charge in [0.25, 0.3) is 0 Å². The van der Waals surface area contributed by atoms with Crippen LogP contribution >= 0.6 is 0 Å². The fourth-order valence-corrected chi connectivity index (χ4v) is 6.29. The summed E-state index contributed by atoms with van der Waals surface area (Å²) >= 11 is 0. The van der Waals surface area contributed by atoms with Gasteiger partial charge in [0.2, 0.25) is 0 Å². The molecule has 0 spiro atoms. The van der Waals surface area contributed by atoms with Gasteiger partial charge in [-0.1, -0.05) is 196 Å². The maximum absolute atomic E-state index is 12.8. The van der Waals surface area contributed by atoms with E-state index in [0.29, 0.717) is 19.3 Å². The van der Waals surface area contributed by atoms with Gasteiger partial charge in [0.15, 0.2) is 6.10 Å². The Bertz CT molecular complexity index is 1170. The molecular formula is C53H88O6. The molecule has 0 aromatic heterocycles. The van der Waals surface area contributed by atoms with Gasteiger partial charge in [-0.2, -0.15) is 0 Å². The summed E-state index contributed by atoms with van der Waals surface area (Å²) in [7, 11) is 0. The van der Waals surface area contributed by atoms with Gasteiger partial charge in [-0.15, -0.1) is 0 Å². The largest absolute Gasteiger partial charge is 0.462 e. The van der Waals surface area contributed by atoms with Crippen LogP contribution in [0.25, 0.3) is 0 Å². The molecule has 6 heteroatoms. The van der Waals surface area contributed by atoms with Gasteiger partial charge < -0.3 is 14.2 Å². The molecule has 6 nitrogen and oxygen atoms in total. The zero-order chi connectivity index (χ0) is 43.0. The molecule has 0 N–H and O–H groups in total. The highest BCUT2D eigenvalue weighted by Crippen LogP contribution is 2.13. The molecule has 0 radical (unpaired) electrons. The molecule has 0 rings (SSSR count). The molecule has 0 aliphatic carbocycles. The van der Waals surface area contributed by atoms with Crippen molar-refractivity contribution in [2.24, 2.45) is 0 Å². The van der Waals surface area contributed by atoms with Gasteiger partial charge in [-0.3, -0.25) is 14.4 Å². The smallest absolute Gasteiger partial charge is 0.306 e. The summed E-state index contributed by atoms with van der Waals surface area (Å²) in [5, 5.41) is 0. The minimum Gasteiger partial charge on any atom is -0.462 e. The second-order valence-electron chi connectivity index (χ2n) is 15.8. The van der Waals surface area contributed by atoms with Gasteiger partial charge in [0.1, 0.15) is 13.2 Å². The Morgan fingerprint density at radius 1 is 0.356 bits per heavy atom. The molecule has 0 aromatic carbocycles. The van der Waals surface area contributed by atoms with Gasteiger partial charge in [-0.25, -0.2) is 0 Å². The Kier molecular flexibility index (Phi) is 44.5. The number of ether oxygens (including phenoxy) is 3. The summed E-state index contributed by atoms with van der Waals surface area (Å²) < 4.78 is 16.7. The third-order valence-electron chi connectivity index (χ3n) is 9.97. The second kappa shape index (κ2) is 47.3. The highest BCUT2D eigenvalue weighted by atomic mass is 16.6. The van der Waals surface area contributed by atoms with Crippen LogP contribution in [0.2, 0.25) is 0 Å². The fraction of sp³-hybridized carbons (Fsp3) is 0.679. The van der Waals surface area contributed by atoms with Crippen molar-refractivity contribution in [3.63, 3.8) is 0 Å². The molecule has 0 aliphatic rings. The van der Waals surface area contributed by atoms with E-state index >= 15 is 0 Å². The van der Waals surface area contributed by atoms with Crippen LogP contribution < -0.4 is 0 Å². The summed E-state index contributed by atoms with van der Waals surface area (Å²) in [6.45, 7) is 6.36. The van der Waals surface area contributed by atoms with E-state index in [1.54, 1.807) is 0 Å². The summed E-state index contributed by atoms with van der Waals surface area (Å²) in [6, 6.07) is 0. The van der Waals surface area contributed by atoms with E-state index in [1.807, 2.05) is 0 Å². The van der Waals surface area contributed by atoms with Crippen molar-refractivity contribution in [3.05, 3.63) is 85.1 Å². The van der Waals surface area contributed by atoms with Crippen LogP contribution in [0.15, 0.2) is 85.1 Å². The molecule has 0 saturated heterocycles. The highest BCUT2D eigenvalue weighted by molar-refractivity contribution is 5.71. The van der Waals surface area contributed by atoms with Crippen molar-refractivity contribution < 1.29 is 28.6 Å². The van der Waals surface area contributed by atoms with Crippen molar-refractivity contribution in [1.82, 2.24) is 0 Å². The summed E-state index contributed by atoms with van der Waals surface area (Å²) in [5.41, 5.74) is 0. The van der Waals surface area contributed by atoms with Crippen LogP contribution in [0.4, 0.5) is 0 Å². The van der Waals surface area contributed by atoms with Crippen LogP contribution in [-0.2, 0) is 28.6 Å². The Morgan fingerprint density at radius 3 is 1.10 bits per heavy atom. The lowest BCUT2D eigenvalue weighted by molar-refractivity contribution is -0.167. The normalized spacial score (nSPS) is 12.8. The molecule has 1 atom stereocenters. The molecule has 1 unspecified atom stereocenters. The van der Waals surface area contributed by atoms with Crippen molar-refractivity contribution >= 4 is 17.9 Å².